The number of fused-ring (bicyclic) bond motifs is 1. The molecule has 0 atom stereocenters. The van der Waals surface area contributed by atoms with Crippen molar-refractivity contribution in [2.75, 3.05) is 20.5 Å². The fraction of sp³-hybridized carbons (Fsp3) is 0.250. The van der Waals surface area contributed by atoms with E-state index in [0.29, 0.717) is 17.1 Å². The topological polar surface area (TPSA) is 48.7 Å². The fourth-order valence-electron chi connectivity index (χ4n) is 1.65. The quantitative estimate of drug-likeness (QED) is 0.620. The minimum absolute atomic E-state index is 0.378. The monoisotopic (exact) mass is 252 g/mol. The second-order valence-electron chi connectivity index (χ2n) is 3.34. The lowest BCUT2D eigenvalue weighted by Gasteiger charge is -2.09. The molecule has 2 aromatic rings. The van der Waals surface area contributed by atoms with Crippen molar-refractivity contribution in [1.29, 1.82) is 0 Å². The van der Waals surface area contributed by atoms with Gasteiger partial charge in [0, 0.05) is 23.1 Å². The van der Waals surface area contributed by atoms with E-state index >= 15 is 0 Å². The molecular weight excluding hydrogens is 240 g/mol. The number of ether oxygens (including phenoxy) is 2. The highest BCUT2D eigenvalue weighted by Crippen LogP contribution is 2.35. The summed E-state index contributed by atoms with van der Waals surface area (Å²) in [5, 5.41) is 0.792. The Bertz CT molecular complexity index is 603. The Morgan fingerprint density at radius 2 is 1.94 bits per heavy atom. The van der Waals surface area contributed by atoms with Crippen LogP contribution >= 0.6 is 11.8 Å². The van der Waals surface area contributed by atoms with Gasteiger partial charge in [0.2, 0.25) is 0 Å². The van der Waals surface area contributed by atoms with E-state index in [1.54, 1.807) is 26.4 Å². The molecule has 0 N–H and O–H groups in total. The second kappa shape index (κ2) is 4.71. The SMILES string of the molecule is COc1cc(OC)c2c(SC)cc(=O)oc2c1. The first-order valence-electron chi connectivity index (χ1n) is 4.93. The molecule has 0 aliphatic heterocycles. The average molecular weight is 252 g/mol. The summed E-state index contributed by atoms with van der Waals surface area (Å²) in [6.07, 6.45) is 1.90. The number of hydrogen-bond acceptors (Lipinski definition) is 5. The van der Waals surface area contributed by atoms with Crippen molar-refractivity contribution in [2.45, 2.75) is 4.90 Å². The highest BCUT2D eigenvalue weighted by molar-refractivity contribution is 7.98. The van der Waals surface area contributed by atoms with Crippen LogP contribution < -0.4 is 15.1 Å². The molecule has 0 bridgehead atoms. The molecule has 0 aliphatic carbocycles. The van der Waals surface area contributed by atoms with Crippen molar-refractivity contribution in [2.24, 2.45) is 0 Å². The Hall–Kier alpha value is -1.62. The molecule has 0 spiro atoms. The summed E-state index contributed by atoms with van der Waals surface area (Å²) >= 11 is 1.47. The predicted octanol–water partition coefficient (Wildman–Crippen LogP) is 2.53. The molecule has 0 saturated carbocycles. The van der Waals surface area contributed by atoms with Gasteiger partial charge in [-0.25, -0.2) is 4.79 Å². The molecule has 1 aromatic carbocycles. The molecule has 2 rings (SSSR count). The fourth-order valence-corrected chi connectivity index (χ4v) is 2.27. The summed E-state index contributed by atoms with van der Waals surface area (Å²) in [4.78, 5) is 12.2. The van der Waals surface area contributed by atoms with Gasteiger partial charge < -0.3 is 13.9 Å². The summed E-state index contributed by atoms with van der Waals surface area (Å²) in [6.45, 7) is 0. The minimum Gasteiger partial charge on any atom is -0.496 e. The lowest BCUT2D eigenvalue weighted by atomic mass is 10.2. The number of benzene rings is 1. The zero-order chi connectivity index (χ0) is 12.4. The van der Waals surface area contributed by atoms with E-state index in [2.05, 4.69) is 0 Å². The third kappa shape index (κ3) is 2.10. The molecular formula is C12H12O4S. The highest BCUT2D eigenvalue weighted by atomic mass is 32.2. The van der Waals surface area contributed by atoms with Gasteiger partial charge in [-0.05, 0) is 6.26 Å². The van der Waals surface area contributed by atoms with Crippen LogP contribution in [0.15, 0.2) is 32.3 Å². The van der Waals surface area contributed by atoms with E-state index in [0.717, 1.165) is 10.3 Å². The van der Waals surface area contributed by atoms with E-state index in [9.17, 15) is 4.79 Å². The van der Waals surface area contributed by atoms with Crippen LogP contribution in [0.5, 0.6) is 11.5 Å². The third-order valence-electron chi connectivity index (χ3n) is 2.42. The smallest absolute Gasteiger partial charge is 0.337 e. The minimum atomic E-state index is -0.378. The van der Waals surface area contributed by atoms with Crippen molar-refractivity contribution in [3.63, 3.8) is 0 Å². The average Bonchev–Trinajstić information content (AvgIpc) is 2.35. The van der Waals surface area contributed by atoms with Crippen molar-refractivity contribution in [3.05, 3.63) is 28.6 Å². The van der Waals surface area contributed by atoms with Crippen LogP contribution in [0.4, 0.5) is 0 Å². The first-order valence-corrected chi connectivity index (χ1v) is 6.16. The molecule has 4 nitrogen and oxygen atoms in total. The standard InChI is InChI=1S/C12H12O4S/c1-14-7-4-8(15-2)12-9(5-7)16-11(13)6-10(12)17-3/h4-6H,1-3H3. The van der Waals surface area contributed by atoms with Crippen molar-refractivity contribution in [1.82, 2.24) is 0 Å². The molecule has 0 saturated heterocycles. The van der Waals surface area contributed by atoms with E-state index in [4.69, 9.17) is 13.9 Å². The largest absolute Gasteiger partial charge is 0.496 e. The molecule has 90 valence electrons. The Balaban J connectivity index is 2.88. The Labute approximate surface area is 103 Å². The first-order chi connectivity index (χ1) is 8.19. The molecule has 1 aromatic heterocycles. The molecule has 0 fully saturated rings. The Morgan fingerprint density at radius 1 is 1.18 bits per heavy atom. The predicted molar refractivity (Wildman–Crippen MR) is 67.4 cm³/mol. The highest BCUT2D eigenvalue weighted by Gasteiger charge is 2.12. The molecule has 17 heavy (non-hydrogen) atoms. The van der Waals surface area contributed by atoms with Crippen molar-refractivity contribution >= 4 is 22.7 Å². The second-order valence-corrected chi connectivity index (χ2v) is 4.18. The van der Waals surface area contributed by atoms with Crippen LogP contribution in [0.25, 0.3) is 11.0 Å². The lowest BCUT2D eigenvalue weighted by molar-refractivity contribution is 0.395. The molecule has 0 unspecified atom stereocenters. The zero-order valence-electron chi connectivity index (χ0n) is 9.77. The lowest BCUT2D eigenvalue weighted by Crippen LogP contribution is -1.99. The van der Waals surface area contributed by atoms with Crippen LogP contribution in [0.3, 0.4) is 0 Å². The molecule has 1 heterocycles. The van der Waals surface area contributed by atoms with Crippen LogP contribution in [0.2, 0.25) is 0 Å². The molecule has 5 heteroatoms. The maximum absolute atomic E-state index is 11.4. The summed E-state index contributed by atoms with van der Waals surface area (Å²) in [5.41, 5.74) is 0.0928. The Morgan fingerprint density at radius 3 is 2.53 bits per heavy atom. The summed E-state index contributed by atoms with van der Waals surface area (Å²) < 4.78 is 15.6. The van der Waals surface area contributed by atoms with Crippen LogP contribution in [0.1, 0.15) is 0 Å². The van der Waals surface area contributed by atoms with Gasteiger partial charge in [0.25, 0.3) is 0 Å². The van der Waals surface area contributed by atoms with Gasteiger partial charge in [-0.2, -0.15) is 0 Å². The number of rotatable bonds is 3. The normalized spacial score (nSPS) is 10.5. The van der Waals surface area contributed by atoms with Gasteiger partial charge in [-0.1, -0.05) is 0 Å². The van der Waals surface area contributed by atoms with Crippen molar-refractivity contribution < 1.29 is 13.9 Å². The maximum atomic E-state index is 11.4. The summed E-state index contributed by atoms with van der Waals surface area (Å²) in [6, 6.07) is 4.91. The summed E-state index contributed by atoms with van der Waals surface area (Å²) in [5.74, 6) is 1.23. The maximum Gasteiger partial charge on any atom is 0.337 e. The molecule has 0 aliphatic rings. The van der Waals surface area contributed by atoms with Gasteiger partial charge in [0.15, 0.2) is 0 Å². The number of methoxy groups -OCH3 is 2. The van der Waals surface area contributed by atoms with E-state index in [-0.39, 0.29) is 5.63 Å². The zero-order valence-corrected chi connectivity index (χ0v) is 10.6. The van der Waals surface area contributed by atoms with E-state index < -0.39 is 0 Å². The van der Waals surface area contributed by atoms with Gasteiger partial charge >= 0.3 is 5.63 Å². The van der Waals surface area contributed by atoms with E-state index in [1.165, 1.54) is 17.8 Å². The van der Waals surface area contributed by atoms with Crippen molar-refractivity contribution in [3.8, 4) is 11.5 Å². The van der Waals surface area contributed by atoms with Gasteiger partial charge in [-0.3, -0.25) is 0 Å². The van der Waals surface area contributed by atoms with Gasteiger partial charge in [0.05, 0.1) is 19.6 Å². The third-order valence-corrected chi connectivity index (χ3v) is 3.18. The van der Waals surface area contributed by atoms with Crippen LogP contribution in [-0.4, -0.2) is 20.5 Å². The number of thioether (sulfide) groups is 1. The van der Waals surface area contributed by atoms with Gasteiger partial charge in [0.1, 0.15) is 17.1 Å². The summed E-state index contributed by atoms with van der Waals surface area (Å²) in [7, 11) is 3.13. The van der Waals surface area contributed by atoms with Gasteiger partial charge in [-0.15, -0.1) is 11.8 Å². The van der Waals surface area contributed by atoms with Crippen LogP contribution in [-0.2, 0) is 0 Å². The van der Waals surface area contributed by atoms with Crippen LogP contribution in [0, 0.1) is 0 Å². The first kappa shape index (κ1) is 11.9. The number of hydrogen-bond donors (Lipinski definition) is 0. The molecule has 0 amide bonds. The Kier molecular flexibility index (Phi) is 3.28. The molecule has 0 radical (unpaired) electrons. The van der Waals surface area contributed by atoms with E-state index in [1.807, 2.05) is 6.26 Å².